The molecule has 410 valence electrons. The van der Waals surface area contributed by atoms with E-state index in [4.69, 9.17) is 14.2 Å². The van der Waals surface area contributed by atoms with Crippen LogP contribution in [0, 0.1) is 0 Å². The van der Waals surface area contributed by atoms with E-state index in [9.17, 15) is 14.4 Å². The Kier molecular flexibility index (Phi) is 56.4. The molecule has 0 saturated carbocycles. The fourth-order valence-electron chi connectivity index (χ4n) is 8.01. The summed E-state index contributed by atoms with van der Waals surface area (Å²) in [6.07, 6.45) is 80.8. The SMILES string of the molecule is CC/C=C\C/C=C\C/C=C\C/C=C\C/C=C\CCCCCCCCCC(=O)OCC(COC(=O)CCCCCCC/C=C\CCC)OC(=O)CCCCCCCC/C=C\C/C=C\C/C=C\CCCCCCC. The van der Waals surface area contributed by atoms with Crippen molar-refractivity contribution < 1.29 is 28.6 Å². The third-order valence-corrected chi connectivity index (χ3v) is 12.5. The molecule has 0 saturated heterocycles. The number of ether oxygens (including phenoxy) is 3. The summed E-state index contributed by atoms with van der Waals surface area (Å²) in [5, 5.41) is 0. The van der Waals surface area contributed by atoms with Gasteiger partial charge in [0, 0.05) is 19.3 Å². The molecule has 0 aromatic carbocycles. The molecule has 6 heteroatoms. The van der Waals surface area contributed by atoms with E-state index in [1.54, 1.807) is 0 Å². The average Bonchev–Trinajstić information content (AvgIpc) is 3.38. The van der Waals surface area contributed by atoms with Gasteiger partial charge < -0.3 is 14.2 Å². The number of hydrogen-bond acceptors (Lipinski definition) is 6. The number of esters is 3. The Labute approximate surface area is 444 Å². The molecule has 0 fully saturated rings. The van der Waals surface area contributed by atoms with Gasteiger partial charge in [0.25, 0.3) is 0 Å². The van der Waals surface area contributed by atoms with Crippen molar-refractivity contribution in [1.82, 2.24) is 0 Å². The van der Waals surface area contributed by atoms with Gasteiger partial charge in [-0.3, -0.25) is 14.4 Å². The highest BCUT2D eigenvalue weighted by Crippen LogP contribution is 2.14. The van der Waals surface area contributed by atoms with Crippen LogP contribution in [-0.4, -0.2) is 37.2 Å². The van der Waals surface area contributed by atoms with E-state index >= 15 is 0 Å². The molecule has 0 bridgehead atoms. The number of hydrogen-bond donors (Lipinski definition) is 0. The zero-order chi connectivity index (χ0) is 52.2. The van der Waals surface area contributed by atoms with E-state index in [-0.39, 0.29) is 31.1 Å². The van der Waals surface area contributed by atoms with E-state index < -0.39 is 6.10 Å². The molecule has 0 radical (unpaired) electrons. The molecule has 0 aliphatic carbocycles. The molecular formula is C66H110O6. The van der Waals surface area contributed by atoms with Crippen molar-refractivity contribution in [3.8, 4) is 0 Å². The van der Waals surface area contributed by atoms with Crippen LogP contribution < -0.4 is 0 Å². The Morgan fingerprint density at radius 1 is 0.292 bits per heavy atom. The molecule has 0 heterocycles. The van der Waals surface area contributed by atoms with Gasteiger partial charge in [-0.2, -0.15) is 0 Å². The second-order valence-corrected chi connectivity index (χ2v) is 19.5. The predicted molar refractivity (Wildman–Crippen MR) is 311 cm³/mol. The topological polar surface area (TPSA) is 78.9 Å². The summed E-state index contributed by atoms with van der Waals surface area (Å²) in [7, 11) is 0. The van der Waals surface area contributed by atoms with Crippen molar-refractivity contribution in [3.05, 3.63) is 109 Å². The van der Waals surface area contributed by atoms with Gasteiger partial charge >= 0.3 is 17.9 Å². The third-order valence-electron chi connectivity index (χ3n) is 12.5. The van der Waals surface area contributed by atoms with Crippen LogP contribution in [0.1, 0.15) is 271 Å². The molecule has 0 amide bonds. The average molecular weight is 1000 g/mol. The minimum atomic E-state index is -0.795. The number of unbranched alkanes of at least 4 members (excludes halogenated alkanes) is 24. The van der Waals surface area contributed by atoms with E-state index in [2.05, 4.69) is 130 Å². The van der Waals surface area contributed by atoms with Gasteiger partial charge in [0.2, 0.25) is 0 Å². The standard InChI is InChI=1S/C66H110O6/c1-4-7-10-13-16-19-22-24-26-28-30-32-33-35-36-38-40-42-44-47-50-53-56-59-65(68)71-62-63(61-70-64(67)58-55-52-49-46-21-18-15-12-9-6-3)72-66(69)60-57-54-51-48-45-43-41-39-37-34-31-29-27-25-23-20-17-14-11-8-5-2/h7,10,12,15-16,19,23-26,29-32,35-37,39,63H,4-6,8-9,11,13-14,17-18,20-22,27-28,33-34,38,40-62H2,1-3H3/b10-7-,15-12-,19-16-,25-23-,26-24-,31-29-,32-30-,36-35-,39-37-. The summed E-state index contributed by atoms with van der Waals surface area (Å²) in [5.74, 6) is -0.925. The molecule has 1 atom stereocenters. The van der Waals surface area contributed by atoms with Crippen molar-refractivity contribution >= 4 is 17.9 Å². The van der Waals surface area contributed by atoms with Crippen LogP contribution in [0.2, 0.25) is 0 Å². The largest absolute Gasteiger partial charge is 0.462 e. The van der Waals surface area contributed by atoms with E-state index in [0.717, 1.165) is 141 Å². The lowest BCUT2D eigenvalue weighted by Gasteiger charge is -2.18. The van der Waals surface area contributed by atoms with Gasteiger partial charge in [-0.1, -0.05) is 239 Å². The monoisotopic (exact) mass is 999 g/mol. The smallest absolute Gasteiger partial charge is 0.306 e. The van der Waals surface area contributed by atoms with Gasteiger partial charge in [-0.15, -0.1) is 0 Å². The summed E-state index contributed by atoms with van der Waals surface area (Å²) in [6.45, 7) is 6.43. The maximum absolute atomic E-state index is 12.9. The van der Waals surface area contributed by atoms with E-state index in [1.165, 1.54) is 89.9 Å². The first kappa shape index (κ1) is 68.1. The first-order valence-corrected chi connectivity index (χ1v) is 29.9. The number of carbonyl (C=O) groups excluding carboxylic acids is 3. The molecule has 72 heavy (non-hydrogen) atoms. The summed E-state index contributed by atoms with van der Waals surface area (Å²) < 4.78 is 16.8. The summed E-state index contributed by atoms with van der Waals surface area (Å²) in [5.41, 5.74) is 0. The van der Waals surface area contributed by atoms with Crippen LogP contribution in [-0.2, 0) is 28.6 Å². The van der Waals surface area contributed by atoms with Crippen molar-refractivity contribution in [2.45, 2.75) is 277 Å². The molecule has 0 aliphatic rings. The Bertz CT molecular complexity index is 1470. The zero-order valence-corrected chi connectivity index (χ0v) is 46.9. The zero-order valence-electron chi connectivity index (χ0n) is 46.9. The molecule has 0 spiro atoms. The predicted octanol–water partition coefficient (Wildman–Crippen LogP) is 20.3. The van der Waals surface area contributed by atoms with Crippen LogP contribution in [0.15, 0.2) is 109 Å². The summed E-state index contributed by atoms with van der Waals surface area (Å²) >= 11 is 0. The lowest BCUT2D eigenvalue weighted by Crippen LogP contribution is -2.30. The highest BCUT2D eigenvalue weighted by Gasteiger charge is 2.19. The van der Waals surface area contributed by atoms with Crippen molar-refractivity contribution in [1.29, 1.82) is 0 Å². The van der Waals surface area contributed by atoms with Gasteiger partial charge in [-0.05, 0) is 122 Å². The van der Waals surface area contributed by atoms with Crippen LogP contribution in [0.5, 0.6) is 0 Å². The minimum absolute atomic E-state index is 0.0928. The Morgan fingerprint density at radius 2 is 0.569 bits per heavy atom. The second-order valence-electron chi connectivity index (χ2n) is 19.5. The third kappa shape index (κ3) is 57.0. The first-order valence-electron chi connectivity index (χ1n) is 29.9. The van der Waals surface area contributed by atoms with Crippen LogP contribution >= 0.6 is 0 Å². The van der Waals surface area contributed by atoms with Crippen molar-refractivity contribution in [3.63, 3.8) is 0 Å². The summed E-state index contributed by atoms with van der Waals surface area (Å²) in [6, 6.07) is 0. The fourth-order valence-corrected chi connectivity index (χ4v) is 8.01. The Hall–Kier alpha value is -3.93. The number of rotatable bonds is 53. The van der Waals surface area contributed by atoms with Gasteiger partial charge in [0.1, 0.15) is 13.2 Å². The van der Waals surface area contributed by atoms with Gasteiger partial charge in [-0.25, -0.2) is 0 Å². The highest BCUT2D eigenvalue weighted by molar-refractivity contribution is 5.71. The summed E-state index contributed by atoms with van der Waals surface area (Å²) in [4.78, 5) is 38.1. The highest BCUT2D eigenvalue weighted by atomic mass is 16.6. The molecule has 0 aromatic heterocycles. The second kappa shape index (κ2) is 59.6. The van der Waals surface area contributed by atoms with Gasteiger partial charge in [0.15, 0.2) is 6.10 Å². The minimum Gasteiger partial charge on any atom is -0.462 e. The van der Waals surface area contributed by atoms with Crippen molar-refractivity contribution in [2.24, 2.45) is 0 Å². The molecule has 0 rings (SSSR count). The molecule has 1 unspecified atom stereocenters. The van der Waals surface area contributed by atoms with Crippen LogP contribution in [0.4, 0.5) is 0 Å². The maximum atomic E-state index is 12.9. The lowest BCUT2D eigenvalue weighted by atomic mass is 10.1. The molecule has 6 nitrogen and oxygen atoms in total. The van der Waals surface area contributed by atoms with Crippen LogP contribution in [0.3, 0.4) is 0 Å². The number of allylic oxidation sites excluding steroid dienone is 18. The molecule has 0 aromatic rings. The molecular weight excluding hydrogens is 889 g/mol. The Morgan fingerprint density at radius 3 is 0.917 bits per heavy atom. The fraction of sp³-hybridized carbons (Fsp3) is 0.682. The Balaban J connectivity index is 4.36. The molecule has 0 N–H and O–H groups in total. The van der Waals surface area contributed by atoms with E-state index in [1.807, 2.05) is 0 Å². The van der Waals surface area contributed by atoms with Crippen LogP contribution in [0.25, 0.3) is 0 Å². The molecule has 0 aliphatic heterocycles. The van der Waals surface area contributed by atoms with Crippen molar-refractivity contribution in [2.75, 3.05) is 13.2 Å². The normalized spacial score (nSPS) is 12.9. The lowest BCUT2D eigenvalue weighted by molar-refractivity contribution is -0.167. The van der Waals surface area contributed by atoms with E-state index in [0.29, 0.717) is 19.3 Å². The first-order chi connectivity index (χ1) is 35.5. The number of carbonyl (C=O) groups is 3. The maximum Gasteiger partial charge on any atom is 0.306 e. The quantitative estimate of drug-likeness (QED) is 0.0261. The van der Waals surface area contributed by atoms with Gasteiger partial charge in [0.05, 0.1) is 0 Å².